The van der Waals surface area contributed by atoms with Gasteiger partial charge < -0.3 is 4.55 Å². The van der Waals surface area contributed by atoms with Crippen LogP contribution in [0.5, 0.6) is 0 Å². The van der Waals surface area contributed by atoms with E-state index in [1.807, 2.05) is 19.1 Å². The zero-order valence-electron chi connectivity index (χ0n) is 8.27. The molecule has 5 heteroatoms. The third-order valence-corrected chi connectivity index (χ3v) is 2.43. The summed E-state index contributed by atoms with van der Waals surface area (Å²) in [7, 11) is 0. The molecule has 0 saturated carbocycles. The van der Waals surface area contributed by atoms with Crippen molar-refractivity contribution in [2.45, 2.75) is 20.8 Å². The Hall–Kier alpha value is -0.910. The van der Waals surface area contributed by atoms with Gasteiger partial charge >= 0.3 is 0 Å². The molecule has 1 atom stereocenters. The molecule has 4 nitrogen and oxygen atoms in total. The summed E-state index contributed by atoms with van der Waals surface area (Å²) < 4.78 is 21.4. The quantitative estimate of drug-likeness (QED) is 0.600. The van der Waals surface area contributed by atoms with Crippen LogP contribution in [0.3, 0.4) is 0 Å². The summed E-state index contributed by atoms with van der Waals surface area (Å²) in [5.74, 6) is 0. The van der Waals surface area contributed by atoms with Gasteiger partial charge in [-0.1, -0.05) is 17.7 Å². The number of hydrogen-bond donors (Lipinski definition) is 1. The second kappa shape index (κ2) is 4.08. The van der Waals surface area contributed by atoms with Crippen molar-refractivity contribution in [3.8, 4) is 0 Å². The summed E-state index contributed by atoms with van der Waals surface area (Å²) >= 11 is -2.65. The molecule has 0 saturated heterocycles. The van der Waals surface area contributed by atoms with Crippen molar-refractivity contribution in [1.82, 2.24) is 0 Å². The van der Waals surface area contributed by atoms with Gasteiger partial charge in [-0.3, -0.25) is 5.21 Å². The average Bonchev–Trinajstić information content (AvgIpc) is 2.01. The molecule has 0 heterocycles. The van der Waals surface area contributed by atoms with Gasteiger partial charge in [-0.2, -0.15) is 4.47 Å². The van der Waals surface area contributed by atoms with Crippen LogP contribution in [0.15, 0.2) is 12.1 Å². The number of rotatable bonds is 2. The predicted molar refractivity (Wildman–Crippen MR) is 53.8 cm³/mol. The van der Waals surface area contributed by atoms with E-state index in [1.54, 1.807) is 13.8 Å². The van der Waals surface area contributed by atoms with Crippen molar-refractivity contribution in [1.29, 1.82) is 0 Å². The molecule has 14 heavy (non-hydrogen) atoms. The Kier molecular flexibility index (Phi) is 3.25. The van der Waals surface area contributed by atoms with Gasteiger partial charge in [0.05, 0.1) is 17.0 Å². The van der Waals surface area contributed by atoms with E-state index in [-0.39, 0.29) is 4.47 Å². The normalized spacial score (nSPS) is 12.6. The highest BCUT2D eigenvalue weighted by molar-refractivity contribution is 7.80. The first-order chi connectivity index (χ1) is 6.43. The molecule has 0 spiro atoms. The Morgan fingerprint density at radius 1 is 1.29 bits per heavy atom. The highest BCUT2D eigenvalue weighted by Gasteiger charge is 2.10. The maximum absolute atomic E-state index is 10.6. The monoisotopic (exact) mass is 214 g/mol. The molecule has 0 bridgehead atoms. The van der Waals surface area contributed by atoms with Crippen molar-refractivity contribution in [2.24, 2.45) is 0 Å². The molecule has 0 amide bonds. The summed E-state index contributed by atoms with van der Waals surface area (Å²) in [4.78, 5) is 0. The molecule has 1 aromatic rings. The zero-order chi connectivity index (χ0) is 10.9. The molecule has 0 aromatic heterocycles. The van der Waals surface area contributed by atoms with Gasteiger partial charge in [0, 0.05) is 0 Å². The first-order valence-electron chi connectivity index (χ1n) is 4.09. The van der Waals surface area contributed by atoms with Crippen molar-refractivity contribution < 1.29 is 14.0 Å². The lowest BCUT2D eigenvalue weighted by atomic mass is 10.1. The summed E-state index contributed by atoms with van der Waals surface area (Å²) in [6.07, 6.45) is 0. The average molecular weight is 214 g/mol. The second-order valence-electron chi connectivity index (χ2n) is 3.24. The molecule has 1 unspecified atom stereocenters. The molecule has 1 rings (SSSR count). The first kappa shape index (κ1) is 11.2. The number of anilines is 1. The second-order valence-corrected chi connectivity index (χ2v) is 4.02. The maximum atomic E-state index is 10.6. The smallest absolute Gasteiger partial charge is 0.0837 e. The van der Waals surface area contributed by atoms with Crippen LogP contribution in [0, 0.1) is 20.8 Å². The Bertz CT molecular complexity index is 355. The topological polar surface area (TPSA) is 63.6 Å². The van der Waals surface area contributed by atoms with Gasteiger partial charge in [0.25, 0.3) is 0 Å². The maximum Gasteiger partial charge on any atom is 0.0837 e. The Balaban J connectivity index is 3.27. The van der Waals surface area contributed by atoms with Crippen LogP contribution >= 0.6 is 0 Å². The van der Waals surface area contributed by atoms with Crippen LogP contribution in [-0.2, 0) is 11.3 Å². The molecular formula is C9H12NO3S-. The minimum atomic E-state index is -2.65. The van der Waals surface area contributed by atoms with Gasteiger partial charge in [0.2, 0.25) is 0 Å². The minimum Gasteiger partial charge on any atom is -0.753 e. The van der Waals surface area contributed by atoms with Crippen molar-refractivity contribution >= 4 is 17.0 Å². The standard InChI is InChI=1S/C9H13NO3S/c1-6-4-7(2)9(8(3)5-6)10(11)14(12)13/h4-5,11H,1-3H3,(H,12,13)/p-1. The van der Waals surface area contributed by atoms with Crippen LogP contribution in [0.2, 0.25) is 0 Å². The van der Waals surface area contributed by atoms with E-state index in [4.69, 9.17) is 0 Å². The van der Waals surface area contributed by atoms with Crippen LogP contribution in [0.1, 0.15) is 16.7 Å². The summed E-state index contributed by atoms with van der Waals surface area (Å²) in [5, 5.41) is 9.27. The predicted octanol–water partition coefficient (Wildman–Crippen LogP) is 1.60. The fraction of sp³-hybridized carbons (Fsp3) is 0.333. The molecule has 0 aliphatic carbocycles. The number of aryl methyl sites for hydroxylation is 3. The van der Waals surface area contributed by atoms with E-state index in [9.17, 15) is 14.0 Å². The fourth-order valence-corrected chi connectivity index (χ4v) is 1.99. The summed E-state index contributed by atoms with van der Waals surface area (Å²) in [6.45, 7) is 5.43. The first-order valence-corrected chi connectivity index (χ1v) is 5.13. The Morgan fingerprint density at radius 2 is 1.71 bits per heavy atom. The lowest BCUT2D eigenvalue weighted by Gasteiger charge is -2.22. The molecule has 78 valence electrons. The highest BCUT2D eigenvalue weighted by atomic mass is 32.2. The van der Waals surface area contributed by atoms with Crippen molar-refractivity contribution in [2.75, 3.05) is 4.47 Å². The zero-order valence-corrected chi connectivity index (χ0v) is 9.09. The van der Waals surface area contributed by atoms with Crippen molar-refractivity contribution in [3.63, 3.8) is 0 Å². The van der Waals surface area contributed by atoms with Crippen molar-refractivity contribution in [3.05, 3.63) is 28.8 Å². The van der Waals surface area contributed by atoms with Crippen LogP contribution < -0.4 is 4.47 Å². The molecule has 1 aromatic carbocycles. The van der Waals surface area contributed by atoms with Gasteiger partial charge in [-0.25, -0.2) is 4.21 Å². The molecule has 1 N–H and O–H groups in total. The molecular weight excluding hydrogens is 202 g/mol. The van der Waals surface area contributed by atoms with Crippen LogP contribution in [0.4, 0.5) is 5.69 Å². The minimum absolute atomic E-state index is 0.254. The highest BCUT2D eigenvalue weighted by Crippen LogP contribution is 2.25. The Labute approximate surface area is 85.5 Å². The van der Waals surface area contributed by atoms with E-state index < -0.39 is 11.3 Å². The number of nitrogens with zero attached hydrogens (tertiary/aromatic N) is 1. The van der Waals surface area contributed by atoms with Gasteiger partial charge in [0.15, 0.2) is 0 Å². The van der Waals surface area contributed by atoms with Gasteiger partial charge in [-0.15, -0.1) is 0 Å². The summed E-state index contributed by atoms with van der Waals surface area (Å²) in [5.41, 5.74) is 2.82. The molecule has 0 radical (unpaired) electrons. The van der Waals surface area contributed by atoms with E-state index >= 15 is 0 Å². The molecule has 0 fully saturated rings. The largest absolute Gasteiger partial charge is 0.753 e. The summed E-state index contributed by atoms with van der Waals surface area (Å²) in [6, 6.07) is 3.64. The lowest BCUT2D eigenvalue weighted by molar-refractivity contribution is 0.309. The Morgan fingerprint density at radius 3 is 2.07 bits per heavy atom. The van der Waals surface area contributed by atoms with E-state index in [0.717, 1.165) is 16.7 Å². The van der Waals surface area contributed by atoms with E-state index in [1.165, 1.54) is 0 Å². The van der Waals surface area contributed by atoms with E-state index in [0.29, 0.717) is 5.69 Å². The van der Waals surface area contributed by atoms with E-state index in [2.05, 4.69) is 0 Å². The fourth-order valence-electron chi connectivity index (χ4n) is 1.55. The SMILES string of the molecule is Cc1cc(C)c(N(O)S(=O)[O-])c(C)c1. The molecule has 0 aliphatic heterocycles. The van der Waals surface area contributed by atoms with Gasteiger partial charge in [-0.05, 0) is 31.9 Å². The lowest BCUT2D eigenvalue weighted by Crippen LogP contribution is -2.22. The van der Waals surface area contributed by atoms with Gasteiger partial charge in [0.1, 0.15) is 0 Å². The third-order valence-electron chi connectivity index (χ3n) is 1.97. The number of hydrogen-bond acceptors (Lipinski definition) is 3. The van der Waals surface area contributed by atoms with Crippen LogP contribution in [-0.4, -0.2) is 14.0 Å². The molecule has 0 aliphatic rings. The number of benzene rings is 1. The third kappa shape index (κ3) is 2.12. The van der Waals surface area contributed by atoms with Crippen LogP contribution in [0.25, 0.3) is 0 Å².